The minimum atomic E-state index is 0.622. The Morgan fingerprint density at radius 2 is 2.00 bits per heavy atom. The average Bonchev–Trinajstić information content (AvgIpc) is 3.00. The van der Waals surface area contributed by atoms with Gasteiger partial charge >= 0.3 is 0 Å². The summed E-state index contributed by atoms with van der Waals surface area (Å²) in [6, 6.07) is 7.82. The molecule has 0 spiro atoms. The summed E-state index contributed by atoms with van der Waals surface area (Å²) < 4.78 is 10.5. The van der Waals surface area contributed by atoms with Crippen LogP contribution in [-0.4, -0.2) is 24.2 Å². The molecule has 0 aliphatic heterocycles. The largest absolute Gasteiger partial charge is 0.493 e. The van der Waals surface area contributed by atoms with Crippen LogP contribution in [0, 0.1) is 0 Å². The highest BCUT2D eigenvalue weighted by atomic mass is 32.1. The van der Waals surface area contributed by atoms with Gasteiger partial charge in [0.2, 0.25) is 5.95 Å². The van der Waals surface area contributed by atoms with Crippen molar-refractivity contribution in [3.8, 4) is 11.5 Å². The van der Waals surface area contributed by atoms with Crippen LogP contribution in [0.25, 0.3) is 10.2 Å². The van der Waals surface area contributed by atoms with Crippen LogP contribution in [0.4, 0.5) is 5.95 Å². The lowest BCUT2D eigenvalue weighted by atomic mass is 10.2. The zero-order valence-electron chi connectivity index (χ0n) is 11.8. The number of benzene rings is 1. The van der Waals surface area contributed by atoms with Gasteiger partial charge in [-0.2, -0.15) is 0 Å². The van der Waals surface area contributed by atoms with Crippen molar-refractivity contribution in [2.45, 2.75) is 6.54 Å². The first-order chi connectivity index (χ1) is 10.3. The summed E-state index contributed by atoms with van der Waals surface area (Å²) >= 11 is 1.61. The Hall–Kier alpha value is -2.34. The maximum absolute atomic E-state index is 5.29. The second-order valence-corrected chi connectivity index (χ2v) is 5.31. The molecule has 0 radical (unpaired) electrons. The molecule has 108 valence electrons. The molecule has 0 saturated heterocycles. The van der Waals surface area contributed by atoms with Crippen LogP contribution in [-0.2, 0) is 6.54 Å². The second-order valence-electron chi connectivity index (χ2n) is 4.42. The third-order valence-electron chi connectivity index (χ3n) is 3.11. The van der Waals surface area contributed by atoms with Gasteiger partial charge in [-0.3, -0.25) is 0 Å². The van der Waals surface area contributed by atoms with Gasteiger partial charge in [0.1, 0.15) is 4.83 Å². The summed E-state index contributed by atoms with van der Waals surface area (Å²) in [5, 5.41) is 6.30. The molecule has 0 unspecified atom stereocenters. The second kappa shape index (κ2) is 5.97. The van der Waals surface area contributed by atoms with Gasteiger partial charge in [0.25, 0.3) is 0 Å². The van der Waals surface area contributed by atoms with E-state index in [1.54, 1.807) is 25.6 Å². The van der Waals surface area contributed by atoms with Gasteiger partial charge in [-0.1, -0.05) is 6.07 Å². The predicted molar refractivity (Wildman–Crippen MR) is 84.3 cm³/mol. The molecule has 0 amide bonds. The summed E-state index contributed by atoms with van der Waals surface area (Å²) in [5.74, 6) is 2.06. The molecule has 0 saturated carbocycles. The van der Waals surface area contributed by atoms with Crippen molar-refractivity contribution in [3.05, 3.63) is 41.4 Å². The average molecular weight is 301 g/mol. The molecule has 3 aromatic rings. The van der Waals surface area contributed by atoms with E-state index in [0.717, 1.165) is 21.5 Å². The van der Waals surface area contributed by atoms with Crippen LogP contribution in [0.1, 0.15) is 5.56 Å². The Bertz CT molecular complexity index is 758. The highest BCUT2D eigenvalue weighted by molar-refractivity contribution is 7.16. The van der Waals surface area contributed by atoms with Gasteiger partial charge in [-0.15, -0.1) is 11.3 Å². The van der Waals surface area contributed by atoms with Gasteiger partial charge < -0.3 is 14.8 Å². The smallest absolute Gasteiger partial charge is 0.224 e. The number of methoxy groups -OCH3 is 2. The first-order valence-electron chi connectivity index (χ1n) is 6.45. The number of hydrogen-bond acceptors (Lipinski definition) is 6. The van der Waals surface area contributed by atoms with E-state index in [1.807, 2.05) is 35.8 Å². The lowest BCUT2D eigenvalue weighted by Crippen LogP contribution is -2.03. The minimum Gasteiger partial charge on any atom is -0.493 e. The van der Waals surface area contributed by atoms with Crippen molar-refractivity contribution in [2.75, 3.05) is 19.5 Å². The summed E-state index contributed by atoms with van der Waals surface area (Å²) in [4.78, 5) is 9.75. The lowest BCUT2D eigenvalue weighted by Gasteiger charge is -2.10. The van der Waals surface area contributed by atoms with Gasteiger partial charge in [0, 0.05) is 18.1 Å². The molecule has 5 nitrogen and oxygen atoms in total. The molecule has 3 rings (SSSR count). The van der Waals surface area contributed by atoms with E-state index >= 15 is 0 Å². The zero-order chi connectivity index (χ0) is 14.7. The van der Waals surface area contributed by atoms with Crippen molar-refractivity contribution in [1.29, 1.82) is 0 Å². The Kier molecular flexibility index (Phi) is 3.87. The van der Waals surface area contributed by atoms with E-state index in [0.29, 0.717) is 18.2 Å². The van der Waals surface area contributed by atoms with E-state index in [-0.39, 0.29) is 0 Å². The van der Waals surface area contributed by atoms with Crippen LogP contribution in [0.15, 0.2) is 35.8 Å². The lowest BCUT2D eigenvalue weighted by molar-refractivity contribution is 0.354. The number of nitrogens with one attached hydrogen (secondary N) is 1. The van der Waals surface area contributed by atoms with Gasteiger partial charge in [0.15, 0.2) is 11.5 Å². The quantitative estimate of drug-likeness (QED) is 0.783. The van der Waals surface area contributed by atoms with Gasteiger partial charge in [-0.05, 0) is 29.1 Å². The van der Waals surface area contributed by atoms with E-state index in [2.05, 4.69) is 15.3 Å². The molecule has 0 aliphatic carbocycles. The Morgan fingerprint density at radius 1 is 1.14 bits per heavy atom. The normalized spacial score (nSPS) is 10.6. The Morgan fingerprint density at radius 3 is 2.81 bits per heavy atom. The molecule has 0 aliphatic rings. The van der Waals surface area contributed by atoms with Gasteiger partial charge in [-0.25, -0.2) is 9.97 Å². The molecule has 6 heteroatoms. The SMILES string of the molecule is COc1ccc(CNc2ncc3ccsc3n2)cc1OC. The Labute approximate surface area is 126 Å². The van der Waals surface area contributed by atoms with Crippen LogP contribution >= 0.6 is 11.3 Å². The zero-order valence-corrected chi connectivity index (χ0v) is 12.6. The van der Waals surface area contributed by atoms with E-state index in [1.165, 1.54) is 0 Å². The number of thiophene rings is 1. The number of aromatic nitrogens is 2. The Balaban J connectivity index is 1.74. The molecular weight excluding hydrogens is 286 g/mol. The summed E-state index contributed by atoms with van der Waals surface area (Å²) in [7, 11) is 3.25. The molecule has 0 fully saturated rings. The third kappa shape index (κ3) is 2.90. The molecular formula is C15H15N3O2S. The first-order valence-corrected chi connectivity index (χ1v) is 7.33. The maximum Gasteiger partial charge on any atom is 0.224 e. The van der Waals surface area contributed by atoms with Crippen molar-refractivity contribution >= 4 is 27.5 Å². The van der Waals surface area contributed by atoms with E-state index < -0.39 is 0 Å². The summed E-state index contributed by atoms with van der Waals surface area (Å²) in [5.41, 5.74) is 1.07. The molecule has 0 bridgehead atoms. The van der Waals surface area contributed by atoms with Crippen LogP contribution < -0.4 is 14.8 Å². The van der Waals surface area contributed by atoms with Crippen LogP contribution in [0.2, 0.25) is 0 Å². The van der Waals surface area contributed by atoms with Crippen molar-refractivity contribution < 1.29 is 9.47 Å². The minimum absolute atomic E-state index is 0.622. The standard InChI is InChI=1S/C15H15N3O2S/c1-19-12-4-3-10(7-13(12)20-2)8-16-15-17-9-11-5-6-21-14(11)18-15/h3-7,9H,8H2,1-2H3,(H,16,17,18). The number of ether oxygens (including phenoxy) is 2. The highest BCUT2D eigenvalue weighted by Crippen LogP contribution is 2.27. The van der Waals surface area contributed by atoms with Crippen molar-refractivity contribution in [3.63, 3.8) is 0 Å². The molecule has 0 atom stereocenters. The summed E-state index contributed by atoms with van der Waals surface area (Å²) in [6.07, 6.45) is 1.83. The monoisotopic (exact) mass is 301 g/mol. The van der Waals surface area contributed by atoms with Crippen LogP contribution in [0.5, 0.6) is 11.5 Å². The molecule has 1 N–H and O–H groups in total. The fourth-order valence-corrected chi connectivity index (χ4v) is 2.75. The maximum atomic E-state index is 5.29. The summed E-state index contributed by atoms with van der Waals surface area (Å²) in [6.45, 7) is 0.622. The topological polar surface area (TPSA) is 56.3 Å². The fourth-order valence-electron chi connectivity index (χ4n) is 2.01. The number of nitrogens with zero attached hydrogens (tertiary/aromatic N) is 2. The molecule has 2 heterocycles. The number of fused-ring (bicyclic) bond motifs is 1. The number of hydrogen-bond donors (Lipinski definition) is 1. The van der Waals surface area contributed by atoms with Crippen LogP contribution in [0.3, 0.4) is 0 Å². The third-order valence-corrected chi connectivity index (χ3v) is 3.93. The van der Waals surface area contributed by atoms with E-state index in [4.69, 9.17) is 9.47 Å². The highest BCUT2D eigenvalue weighted by Gasteiger charge is 2.05. The molecule has 21 heavy (non-hydrogen) atoms. The van der Waals surface area contributed by atoms with E-state index in [9.17, 15) is 0 Å². The predicted octanol–water partition coefficient (Wildman–Crippen LogP) is 3.32. The molecule has 2 aromatic heterocycles. The van der Waals surface area contributed by atoms with Crippen molar-refractivity contribution in [2.24, 2.45) is 0 Å². The fraction of sp³-hybridized carbons (Fsp3) is 0.200. The number of rotatable bonds is 5. The van der Waals surface area contributed by atoms with Gasteiger partial charge in [0.05, 0.1) is 14.2 Å². The number of anilines is 1. The van der Waals surface area contributed by atoms with Crippen molar-refractivity contribution in [1.82, 2.24) is 9.97 Å². The molecule has 1 aromatic carbocycles. The first kappa shape index (κ1) is 13.6.